The Morgan fingerprint density at radius 3 is 1.39 bits per heavy atom. The third-order valence-electron chi connectivity index (χ3n) is 6.64. The second kappa shape index (κ2) is 19.9. The average Bonchev–Trinajstić information content (AvgIpc) is 3.10. The molecule has 15 heteroatoms. The van der Waals surface area contributed by atoms with Crippen LogP contribution in [-0.2, 0) is 22.8 Å². The van der Waals surface area contributed by atoms with Crippen molar-refractivity contribution in [2.24, 2.45) is 5.73 Å². The van der Waals surface area contributed by atoms with Crippen molar-refractivity contribution in [1.29, 1.82) is 0 Å². The van der Waals surface area contributed by atoms with Crippen LogP contribution in [0, 0.1) is 0 Å². The van der Waals surface area contributed by atoms with Gasteiger partial charge in [-0.2, -0.15) is 0 Å². The summed E-state index contributed by atoms with van der Waals surface area (Å²) in [5, 5.41) is 46.9. The van der Waals surface area contributed by atoms with Crippen LogP contribution in [0.5, 0.6) is 23.0 Å². The van der Waals surface area contributed by atoms with E-state index in [0.29, 0.717) is 18.1 Å². The fraction of sp³-hybridized carbons (Fsp3) is 0.167. The van der Waals surface area contributed by atoms with Gasteiger partial charge in [-0.15, -0.1) is 0 Å². The molecular weight excluding hydrogens is 668 g/mol. The van der Waals surface area contributed by atoms with E-state index in [-0.39, 0.29) is 52.9 Å². The van der Waals surface area contributed by atoms with Crippen molar-refractivity contribution in [3.8, 4) is 23.0 Å². The van der Waals surface area contributed by atoms with Crippen molar-refractivity contribution in [2.75, 3.05) is 0 Å². The third-order valence-corrected chi connectivity index (χ3v) is 6.64. The third kappa shape index (κ3) is 13.0. The normalized spacial score (nSPS) is 11.1. The van der Waals surface area contributed by atoms with Crippen LogP contribution in [0.3, 0.4) is 0 Å². The van der Waals surface area contributed by atoms with Crippen molar-refractivity contribution in [3.63, 3.8) is 0 Å². The molecule has 4 aromatic carbocycles. The molecule has 0 radical (unpaired) electrons. The maximum absolute atomic E-state index is 11.9. The van der Waals surface area contributed by atoms with E-state index in [1.54, 1.807) is 60.7 Å². The summed E-state index contributed by atoms with van der Waals surface area (Å²) in [6, 6.07) is 20.0. The Bertz CT molecular complexity index is 1820. The average molecular weight is 705 g/mol. The van der Waals surface area contributed by atoms with Crippen molar-refractivity contribution in [1.82, 2.24) is 5.32 Å². The van der Waals surface area contributed by atoms with Crippen LogP contribution in [0.1, 0.15) is 66.4 Å². The van der Waals surface area contributed by atoms with Crippen LogP contribution in [0.15, 0.2) is 84.9 Å². The molecular formula is C36H36N2O13. The monoisotopic (exact) mass is 704 g/mol. The number of ether oxygens (including phenoxy) is 2. The van der Waals surface area contributed by atoms with Gasteiger partial charge in [-0.1, -0.05) is 36.4 Å². The first-order valence-corrected chi connectivity index (χ1v) is 14.9. The summed E-state index contributed by atoms with van der Waals surface area (Å²) in [4.78, 5) is 64.8. The summed E-state index contributed by atoms with van der Waals surface area (Å²) >= 11 is 0. The zero-order valence-electron chi connectivity index (χ0n) is 27.4. The number of phenols is 2. The Kier molecular flexibility index (Phi) is 15.8. The van der Waals surface area contributed by atoms with E-state index in [1.807, 2.05) is 0 Å². The van der Waals surface area contributed by atoms with E-state index >= 15 is 0 Å². The van der Waals surface area contributed by atoms with Gasteiger partial charge in [0.1, 0.15) is 48.3 Å². The minimum Gasteiger partial charge on any atom is -0.507 e. The van der Waals surface area contributed by atoms with Crippen LogP contribution in [-0.4, -0.2) is 74.0 Å². The standard InChI is InChI=1S/C18H17NO6.C15H12O5.C3H7NO2/c1-11(18(23)24)19-17(22)13-7-5-12(6-8-13)10-25-16-4-2-3-15(21)14(16)9-20;16-8-12-13(17)2-1-3-14(12)20-9-10-4-6-11(7-5-10)15(18)19;1-2(4)3(5)6/h2-9,11,21H,10H2,1H3,(H,19,22)(H,23,24);1-8,17H,9H2,(H,18,19);2H,4H2,1H3,(H,5,6)/t11-;;2-/m0.0/s1. The number of carbonyl (C=O) groups is 6. The second-order valence-corrected chi connectivity index (χ2v) is 10.6. The van der Waals surface area contributed by atoms with Gasteiger partial charge < -0.3 is 46.1 Å². The molecule has 15 nitrogen and oxygen atoms in total. The highest BCUT2D eigenvalue weighted by Gasteiger charge is 2.15. The number of nitrogens with two attached hydrogens (primary N) is 1. The molecule has 0 unspecified atom stereocenters. The number of hydrogen-bond donors (Lipinski definition) is 7. The molecule has 0 heterocycles. The summed E-state index contributed by atoms with van der Waals surface area (Å²) in [6.07, 6.45) is 1.04. The molecule has 268 valence electrons. The van der Waals surface area contributed by atoms with E-state index in [9.17, 15) is 39.0 Å². The van der Waals surface area contributed by atoms with E-state index in [2.05, 4.69) is 5.32 Å². The smallest absolute Gasteiger partial charge is 0.335 e. The number of aromatic hydroxyl groups is 2. The molecule has 0 aromatic heterocycles. The molecule has 0 aliphatic rings. The lowest BCUT2D eigenvalue weighted by atomic mass is 10.1. The number of aliphatic carboxylic acids is 2. The Hall–Kier alpha value is -6.74. The van der Waals surface area contributed by atoms with Crippen LogP contribution in [0.4, 0.5) is 0 Å². The number of benzene rings is 4. The fourth-order valence-corrected chi connectivity index (χ4v) is 3.71. The minimum atomic E-state index is -1.12. The number of hydrogen-bond acceptors (Lipinski definition) is 11. The largest absolute Gasteiger partial charge is 0.507 e. The first-order chi connectivity index (χ1) is 24.2. The predicted molar refractivity (Wildman–Crippen MR) is 181 cm³/mol. The fourth-order valence-electron chi connectivity index (χ4n) is 3.71. The number of aldehydes is 2. The summed E-state index contributed by atoms with van der Waals surface area (Å²) < 4.78 is 11.0. The Morgan fingerprint density at radius 1 is 0.667 bits per heavy atom. The quantitative estimate of drug-likeness (QED) is 0.0975. The molecule has 8 N–H and O–H groups in total. The Balaban J connectivity index is 0.000000310. The number of amides is 1. The zero-order chi connectivity index (χ0) is 38.1. The van der Waals surface area contributed by atoms with Crippen LogP contribution < -0.4 is 20.5 Å². The first-order valence-electron chi connectivity index (χ1n) is 14.9. The molecule has 0 saturated heterocycles. The summed E-state index contributed by atoms with van der Waals surface area (Å²) in [5.74, 6) is -3.32. The van der Waals surface area contributed by atoms with Crippen molar-refractivity contribution >= 4 is 36.4 Å². The summed E-state index contributed by atoms with van der Waals surface area (Å²) in [7, 11) is 0. The number of nitrogens with one attached hydrogen (secondary N) is 1. The highest BCUT2D eigenvalue weighted by atomic mass is 16.5. The van der Waals surface area contributed by atoms with Crippen LogP contribution >= 0.6 is 0 Å². The van der Waals surface area contributed by atoms with Gasteiger partial charge in [-0.3, -0.25) is 24.0 Å². The number of carboxylic acids is 3. The molecule has 0 fully saturated rings. The van der Waals surface area contributed by atoms with E-state index in [4.69, 9.17) is 30.5 Å². The second-order valence-electron chi connectivity index (χ2n) is 10.6. The van der Waals surface area contributed by atoms with Gasteiger partial charge in [-0.05, 0) is 73.5 Å². The van der Waals surface area contributed by atoms with Crippen molar-refractivity contribution in [2.45, 2.75) is 39.1 Å². The molecule has 4 aromatic rings. The van der Waals surface area contributed by atoms with Gasteiger partial charge in [0.25, 0.3) is 5.91 Å². The maximum Gasteiger partial charge on any atom is 0.335 e. The first kappa shape index (κ1) is 40.4. The minimum absolute atomic E-state index is 0.0705. The number of carbonyl (C=O) groups excluding carboxylic acids is 3. The van der Waals surface area contributed by atoms with E-state index < -0.39 is 35.9 Å². The molecule has 0 aliphatic carbocycles. The van der Waals surface area contributed by atoms with Gasteiger partial charge in [0.15, 0.2) is 12.6 Å². The van der Waals surface area contributed by atoms with Gasteiger partial charge in [0.2, 0.25) is 0 Å². The number of phenolic OH excluding ortho intramolecular Hbond substituents is 2. The van der Waals surface area contributed by atoms with Gasteiger partial charge in [0, 0.05) is 5.56 Å². The van der Waals surface area contributed by atoms with Crippen molar-refractivity contribution < 1.29 is 63.8 Å². The van der Waals surface area contributed by atoms with Crippen molar-refractivity contribution in [3.05, 3.63) is 118 Å². The molecule has 0 spiro atoms. The Morgan fingerprint density at radius 2 is 1.06 bits per heavy atom. The molecule has 0 aliphatic heterocycles. The lowest BCUT2D eigenvalue weighted by molar-refractivity contribution is -0.139. The molecule has 51 heavy (non-hydrogen) atoms. The Labute approximate surface area is 291 Å². The topological polar surface area (TPSA) is 260 Å². The van der Waals surface area contributed by atoms with Gasteiger partial charge in [-0.25, -0.2) is 4.79 Å². The number of aromatic carboxylic acids is 1. The number of rotatable bonds is 13. The predicted octanol–water partition coefficient (Wildman–Crippen LogP) is 3.89. The van der Waals surface area contributed by atoms with Gasteiger partial charge >= 0.3 is 17.9 Å². The zero-order valence-corrected chi connectivity index (χ0v) is 27.4. The van der Waals surface area contributed by atoms with Gasteiger partial charge in [0.05, 0.1) is 16.7 Å². The molecule has 1 amide bonds. The number of carboxylic acid groups (broad SMARTS) is 3. The maximum atomic E-state index is 11.9. The molecule has 2 atom stereocenters. The van der Waals surface area contributed by atoms with Crippen LogP contribution in [0.25, 0.3) is 0 Å². The lowest BCUT2D eigenvalue weighted by Crippen LogP contribution is -2.38. The summed E-state index contributed by atoms with van der Waals surface area (Å²) in [6.45, 7) is 3.10. The molecule has 0 bridgehead atoms. The van der Waals surface area contributed by atoms with Crippen LogP contribution in [0.2, 0.25) is 0 Å². The van der Waals surface area contributed by atoms with E-state index in [1.165, 1.54) is 38.1 Å². The summed E-state index contributed by atoms with van der Waals surface area (Å²) in [5.41, 5.74) is 7.01. The lowest BCUT2D eigenvalue weighted by Gasteiger charge is -2.11. The molecule has 4 rings (SSSR count). The highest BCUT2D eigenvalue weighted by Crippen LogP contribution is 2.27. The SMILES string of the molecule is C[C@H](N)C(=O)O.C[C@H](NC(=O)c1ccc(COc2cccc(O)c2C=O)cc1)C(=O)O.O=Cc1c(O)cccc1OCc1ccc(C(=O)O)cc1. The highest BCUT2D eigenvalue weighted by molar-refractivity contribution is 5.96. The van der Waals surface area contributed by atoms with E-state index in [0.717, 1.165) is 11.1 Å². The molecule has 0 saturated carbocycles.